The van der Waals surface area contributed by atoms with Crippen LogP contribution >= 0.6 is 11.6 Å². The minimum atomic E-state index is -0.298. The van der Waals surface area contributed by atoms with E-state index in [-0.39, 0.29) is 18.5 Å². The van der Waals surface area contributed by atoms with Gasteiger partial charge in [-0.2, -0.15) is 5.10 Å². The second-order valence-corrected chi connectivity index (χ2v) is 5.57. The van der Waals surface area contributed by atoms with Gasteiger partial charge in [0, 0.05) is 16.3 Å². The average Bonchev–Trinajstić information content (AvgIpc) is 3.03. The number of cyclic esters (lactones) is 1. The van der Waals surface area contributed by atoms with E-state index in [0.717, 1.165) is 28.3 Å². The fourth-order valence-corrected chi connectivity index (χ4v) is 3.25. The number of anilines is 1. The van der Waals surface area contributed by atoms with E-state index in [1.165, 1.54) is 0 Å². The maximum atomic E-state index is 12.2. The molecule has 6 heteroatoms. The van der Waals surface area contributed by atoms with E-state index in [1.807, 2.05) is 31.2 Å². The Bertz CT molecular complexity index is 794. The van der Waals surface area contributed by atoms with E-state index in [2.05, 4.69) is 15.5 Å². The first kappa shape index (κ1) is 12.5. The molecule has 4 rings (SSSR count). The van der Waals surface area contributed by atoms with Gasteiger partial charge in [-0.05, 0) is 18.6 Å². The topological polar surface area (TPSA) is 67.0 Å². The molecule has 1 aromatic carbocycles. The van der Waals surface area contributed by atoms with Crippen molar-refractivity contribution in [3.05, 3.63) is 57.4 Å². The largest absolute Gasteiger partial charge is 0.456 e. The number of hydrogen-bond donors (Lipinski definition) is 2. The number of aromatic amines is 1. The highest BCUT2D eigenvalue weighted by molar-refractivity contribution is 6.31. The van der Waals surface area contributed by atoms with Crippen LogP contribution < -0.4 is 5.32 Å². The summed E-state index contributed by atoms with van der Waals surface area (Å²) >= 11 is 6.36. The fourth-order valence-electron chi connectivity index (χ4n) is 3.01. The number of esters is 1. The first-order chi connectivity index (χ1) is 10.2. The summed E-state index contributed by atoms with van der Waals surface area (Å²) in [5.41, 5.74) is 4.14. The van der Waals surface area contributed by atoms with Crippen molar-refractivity contribution in [3.63, 3.8) is 0 Å². The average molecular weight is 302 g/mol. The third kappa shape index (κ3) is 1.70. The molecule has 1 unspecified atom stereocenters. The van der Waals surface area contributed by atoms with Crippen LogP contribution in [-0.4, -0.2) is 22.8 Å². The van der Waals surface area contributed by atoms with Crippen LogP contribution in [0.5, 0.6) is 0 Å². The molecular formula is C15H12ClN3O2. The van der Waals surface area contributed by atoms with E-state index in [1.54, 1.807) is 0 Å². The van der Waals surface area contributed by atoms with Crippen molar-refractivity contribution >= 4 is 23.4 Å². The Labute approximate surface area is 126 Å². The lowest BCUT2D eigenvalue weighted by molar-refractivity contribution is -0.136. The van der Waals surface area contributed by atoms with Crippen LogP contribution in [0.1, 0.15) is 22.7 Å². The quantitative estimate of drug-likeness (QED) is 0.795. The molecule has 0 aliphatic carbocycles. The summed E-state index contributed by atoms with van der Waals surface area (Å²) in [5.74, 6) is 0.182. The van der Waals surface area contributed by atoms with Gasteiger partial charge in [0.1, 0.15) is 6.61 Å². The van der Waals surface area contributed by atoms with Crippen molar-refractivity contribution < 1.29 is 9.53 Å². The standard InChI is InChI=1S/C15H12ClN3O2/c1-7-11-12(8-4-2-3-5-9(8)16)13-10(6-21-15(13)20)17-14(11)19-18-7/h2-5,12H,6H2,1H3,(H2,17,18,19). The molecule has 1 atom stereocenters. The molecule has 2 aromatic rings. The molecule has 2 aliphatic heterocycles. The van der Waals surface area contributed by atoms with Crippen molar-refractivity contribution in [3.8, 4) is 0 Å². The molecule has 106 valence electrons. The molecular weight excluding hydrogens is 290 g/mol. The van der Waals surface area contributed by atoms with E-state index in [4.69, 9.17) is 16.3 Å². The van der Waals surface area contributed by atoms with Gasteiger partial charge in [-0.15, -0.1) is 0 Å². The number of nitrogens with one attached hydrogen (secondary N) is 2. The van der Waals surface area contributed by atoms with Crippen LogP contribution in [0, 0.1) is 6.92 Å². The fraction of sp³-hybridized carbons (Fsp3) is 0.200. The van der Waals surface area contributed by atoms with Gasteiger partial charge < -0.3 is 10.1 Å². The van der Waals surface area contributed by atoms with E-state index in [9.17, 15) is 4.79 Å². The molecule has 0 fully saturated rings. The number of carbonyl (C=O) groups excluding carboxylic acids is 1. The second-order valence-electron chi connectivity index (χ2n) is 5.16. The number of benzene rings is 1. The van der Waals surface area contributed by atoms with Crippen molar-refractivity contribution in [2.45, 2.75) is 12.8 Å². The van der Waals surface area contributed by atoms with E-state index < -0.39 is 0 Å². The number of halogens is 1. The maximum absolute atomic E-state index is 12.2. The van der Waals surface area contributed by atoms with Gasteiger partial charge in [0.15, 0.2) is 5.82 Å². The molecule has 0 saturated heterocycles. The van der Waals surface area contributed by atoms with Crippen LogP contribution in [0.25, 0.3) is 0 Å². The lowest BCUT2D eigenvalue weighted by Gasteiger charge is -2.24. The Hall–Kier alpha value is -2.27. The zero-order valence-corrected chi connectivity index (χ0v) is 12.0. The highest BCUT2D eigenvalue weighted by atomic mass is 35.5. The van der Waals surface area contributed by atoms with Crippen LogP contribution in [0.2, 0.25) is 5.02 Å². The highest BCUT2D eigenvalue weighted by Gasteiger charge is 2.41. The molecule has 0 spiro atoms. The Balaban J connectivity index is 1.99. The Morgan fingerprint density at radius 3 is 3.00 bits per heavy atom. The van der Waals surface area contributed by atoms with Crippen LogP contribution in [-0.2, 0) is 9.53 Å². The number of ether oxygens (including phenoxy) is 1. The summed E-state index contributed by atoms with van der Waals surface area (Å²) in [6.07, 6.45) is 0. The summed E-state index contributed by atoms with van der Waals surface area (Å²) in [5, 5.41) is 11.0. The van der Waals surface area contributed by atoms with Crippen molar-refractivity contribution in [1.82, 2.24) is 10.2 Å². The van der Waals surface area contributed by atoms with Crippen molar-refractivity contribution in [1.29, 1.82) is 0 Å². The van der Waals surface area contributed by atoms with Gasteiger partial charge >= 0.3 is 5.97 Å². The minimum Gasteiger partial charge on any atom is -0.456 e. The highest BCUT2D eigenvalue weighted by Crippen LogP contribution is 2.46. The van der Waals surface area contributed by atoms with E-state index >= 15 is 0 Å². The molecule has 3 heterocycles. The van der Waals surface area contributed by atoms with Gasteiger partial charge in [0.05, 0.1) is 17.2 Å². The number of H-pyrrole nitrogens is 1. The van der Waals surface area contributed by atoms with Gasteiger partial charge in [-0.1, -0.05) is 29.8 Å². The molecule has 0 amide bonds. The summed E-state index contributed by atoms with van der Waals surface area (Å²) in [7, 11) is 0. The lowest BCUT2D eigenvalue weighted by Crippen LogP contribution is -2.20. The Morgan fingerprint density at radius 1 is 1.38 bits per heavy atom. The third-order valence-electron chi connectivity index (χ3n) is 3.95. The first-order valence-electron chi connectivity index (χ1n) is 6.63. The van der Waals surface area contributed by atoms with Gasteiger partial charge in [0.25, 0.3) is 0 Å². The van der Waals surface area contributed by atoms with Crippen molar-refractivity contribution in [2.24, 2.45) is 0 Å². The smallest absolute Gasteiger partial charge is 0.337 e. The molecule has 0 bridgehead atoms. The number of nitrogens with zero attached hydrogens (tertiary/aromatic N) is 1. The monoisotopic (exact) mass is 301 g/mol. The zero-order chi connectivity index (χ0) is 14.6. The Kier molecular flexibility index (Phi) is 2.59. The molecule has 0 radical (unpaired) electrons. The van der Waals surface area contributed by atoms with Crippen LogP contribution in [0.3, 0.4) is 0 Å². The summed E-state index contributed by atoms with van der Waals surface area (Å²) in [6.45, 7) is 2.18. The number of fused-ring (bicyclic) bond motifs is 1. The number of carbonyl (C=O) groups is 1. The minimum absolute atomic E-state index is 0.250. The summed E-state index contributed by atoms with van der Waals surface area (Å²) < 4.78 is 5.18. The zero-order valence-electron chi connectivity index (χ0n) is 11.2. The summed E-state index contributed by atoms with van der Waals surface area (Å²) in [6, 6.07) is 7.55. The molecule has 2 N–H and O–H groups in total. The molecule has 21 heavy (non-hydrogen) atoms. The van der Waals surface area contributed by atoms with Crippen molar-refractivity contribution in [2.75, 3.05) is 11.9 Å². The molecule has 2 aliphatic rings. The normalized spacial score (nSPS) is 19.9. The van der Waals surface area contributed by atoms with Gasteiger partial charge in [-0.25, -0.2) is 4.79 Å². The lowest BCUT2D eigenvalue weighted by atomic mass is 9.82. The van der Waals surface area contributed by atoms with Gasteiger partial charge in [0.2, 0.25) is 0 Å². The first-order valence-corrected chi connectivity index (χ1v) is 7.01. The second kappa shape index (κ2) is 4.36. The number of hydrogen-bond acceptors (Lipinski definition) is 4. The van der Waals surface area contributed by atoms with Crippen LogP contribution in [0.15, 0.2) is 35.5 Å². The van der Waals surface area contributed by atoms with Crippen LogP contribution in [0.4, 0.5) is 5.82 Å². The maximum Gasteiger partial charge on any atom is 0.337 e. The molecule has 0 saturated carbocycles. The molecule has 5 nitrogen and oxygen atoms in total. The predicted molar refractivity (Wildman–Crippen MR) is 78.2 cm³/mol. The van der Waals surface area contributed by atoms with Gasteiger partial charge in [-0.3, -0.25) is 5.10 Å². The molecule has 1 aromatic heterocycles. The predicted octanol–water partition coefficient (Wildman–Crippen LogP) is 2.74. The summed E-state index contributed by atoms with van der Waals surface area (Å²) in [4.78, 5) is 12.2. The Morgan fingerprint density at radius 2 is 2.19 bits per heavy atom. The number of aromatic nitrogens is 2. The number of aryl methyl sites for hydroxylation is 1. The third-order valence-corrected chi connectivity index (χ3v) is 4.29. The van der Waals surface area contributed by atoms with E-state index in [0.29, 0.717) is 10.6 Å². The number of rotatable bonds is 1. The SMILES string of the molecule is Cc1[nH]nc2c1C(c1ccccc1Cl)C1=C(COC1=O)N2.